The number of rotatable bonds is 6. The van der Waals surface area contributed by atoms with E-state index in [4.69, 9.17) is 10.5 Å². The van der Waals surface area contributed by atoms with Crippen molar-refractivity contribution in [1.82, 2.24) is 5.32 Å². The van der Waals surface area contributed by atoms with E-state index in [0.717, 1.165) is 28.4 Å². The molecule has 0 fully saturated rings. The highest BCUT2D eigenvalue weighted by Gasteiger charge is 2.28. The quantitative estimate of drug-likeness (QED) is 0.274. The molecule has 0 atom stereocenters. The Labute approximate surface area is 193 Å². The number of amides is 1. The van der Waals surface area contributed by atoms with E-state index < -0.39 is 0 Å². The maximum Gasteiger partial charge on any atom is 0.407 e. The summed E-state index contributed by atoms with van der Waals surface area (Å²) < 4.78 is 5.58. The molecule has 1 aliphatic carbocycles. The van der Waals surface area contributed by atoms with Gasteiger partial charge in [0, 0.05) is 18.2 Å². The van der Waals surface area contributed by atoms with E-state index in [1.165, 1.54) is 22.3 Å². The van der Waals surface area contributed by atoms with E-state index >= 15 is 0 Å². The van der Waals surface area contributed by atoms with Crippen LogP contribution >= 0.6 is 0 Å². The molecule has 1 amide bonds. The van der Waals surface area contributed by atoms with E-state index in [2.05, 4.69) is 59.9 Å². The number of nitrogens with two attached hydrogens (primary N) is 1. The van der Waals surface area contributed by atoms with Gasteiger partial charge in [0.15, 0.2) is 0 Å². The molecule has 0 unspecified atom stereocenters. The topological polar surface area (TPSA) is 64.3 Å². The number of fused-ring (bicyclic) bond motifs is 4. The van der Waals surface area contributed by atoms with Gasteiger partial charge in [-0.15, -0.1) is 0 Å². The molecule has 0 saturated heterocycles. The molecule has 5 rings (SSSR count). The molecule has 0 radical (unpaired) electrons. The first-order valence-corrected chi connectivity index (χ1v) is 11.2. The van der Waals surface area contributed by atoms with Crippen molar-refractivity contribution in [2.24, 2.45) is 0 Å². The van der Waals surface area contributed by atoms with Crippen LogP contribution in [0.15, 0.2) is 91.0 Å². The molecule has 0 aromatic heterocycles. The van der Waals surface area contributed by atoms with Crippen LogP contribution in [0.25, 0.3) is 28.0 Å². The van der Waals surface area contributed by atoms with E-state index in [1.54, 1.807) is 0 Å². The van der Waals surface area contributed by atoms with Crippen LogP contribution in [0.3, 0.4) is 0 Å². The Morgan fingerprint density at radius 3 is 2.30 bits per heavy atom. The fraction of sp³-hybridized carbons (Fsp3) is 0.138. The van der Waals surface area contributed by atoms with E-state index in [0.29, 0.717) is 13.2 Å². The van der Waals surface area contributed by atoms with Crippen LogP contribution in [0.4, 0.5) is 10.5 Å². The highest BCUT2D eigenvalue weighted by atomic mass is 16.5. The van der Waals surface area contributed by atoms with Gasteiger partial charge in [-0.1, -0.05) is 78.9 Å². The summed E-state index contributed by atoms with van der Waals surface area (Å²) in [4.78, 5) is 12.3. The number of hydrogen-bond donors (Lipinski definition) is 2. The molecule has 0 heterocycles. The molecule has 164 valence electrons. The Balaban J connectivity index is 1.12. The van der Waals surface area contributed by atoms with Crippen molar-refractivity contribution in [3.63, 3.8) is 0 Å². The lowest BCUT2D eigenvalue weighted by atomic mass is 9.98. The monoisotopic (exact) mass is 434 g/mol. The average molecular weight is 435 g/mol. The van der Waals surface area contributed by atoms with Crippen LogP contribution < -0.4 is 11.1 Å². The maximum absolute atomic E-state index is 12.3. The molecule has 0 spiro atoms. The third-order valence-corrected chi connectivity index (χ3v) is 6.12. The fourth-order valence-corrected chi connectivity index (χ4v) is 4.51. The summed E-state index contributed by atoms with van der Waals surface area (Å²) in [7, 11) is 0. The molecule has 4 aromatic rings. The van der Waals surface area contributed by atoms with Gasteiger partial charge in [-0.25, -0.2) is 4.79 Å². The summed E-state index contributed by atoms with van der Waals surface area (Å²) in [6.45, 7) is 0.856. The van der Waals surface area contributed by atoms with Gasteiger partial charge in [0.2, 0.25) is 0 Å². The summed E-state index contributed by atoms with van der Waals surface area (Å²) in [6, 6.07) is 28.8. The molecule has 4 aromatic carbocycles. The maximum atomic E-state index is 12.3. The van der Waals surface area contributed by atoms with Gasteiger partial charge in [0.1, 0.15) is 6.61 Å². The Bertz CT molecular complexity index is 1300. The molecule has 1 aliphatic rings. The number of carbonyl (C=O) groups is 1. The molecule has 0 saturated carbocycles. The van der Waals surface area contributed by atoms with Crippen LogP contribution in [0.1, 0.15) is 29.0 Å². The SMILES string of the molecule is Nc1ccc2cc(C=CCCNC(=O)OCC3c4ccccc4-c4ccccc43)ccc2c1. The van der Waals surface area contributed by atoms with Crippen molar-refractivity contribution in [2.75, 3.05) is 18.9 Å². The van der Waals surface area contributed by atoms with Crippen molar-refractivity contribution in [2.45, 2.75) is 12.3 Å². The van der Waals surface area contributed by atoms with Gasteiger partial charge < -0.3 is 15.8 Å². The van der Waals surface area contributed by atoms with E-state index in [-0.39, 0.29) is 12.0 Å². The number of carbonyl (C=O) groups excluding carboxylic acids is 1. The van der Waals surface area contributed by atoms with E-state index in [9.17, 15) is 4.79 Å². The minimum atomic E-state index is -0.381. The summed E-state index contributed by atoms with van der Waals surface area (Å²) in [6.07, 6.45) is 4.47. The average Bonchev–Trinajstić information content (AvgIpc) is 3.16. The first-order valence-electron chi connectivity index (χ1n) is 11.2. The number of nitrogen functional groups attached to an aromatic ring is 1. The Kier molecular flexibility index (Phi) is 5.81. The van der Waals surface area contributed by atoms with Gasteiger partial charge in [0.25, 0.3) is 0 Å². The first kappa shape index (κ1) is 20.8. The smallest absolute Gasteiger partial charge is 0.407 e. The highest BCUT2D eigenvalue weighted by Crippen LogP contribution is 2.44. The van der Waals surface area contributed by atoms with Gasteiger partial charge in [-0.3, -0.25) is 0 Å². The lowest BCUT2D eigenvalue weighted by molar-refractivity contribution is 0.143. The third kappa shape index (κ3) is 4.46. The largest absolute Gasteiger partial charge is 0.449 e. The second kappa shape index (κ2) is 9.21. The summed E-state index contributed by atoms with van der Waals surface area (Å²) in [5.74, 6) is 0.0753. The zero-order chi connectivity index (χ0) is 22.6. The normalized spacial score (nSPS) is 12.6. The molecule has 4 nitrogen and oxygen atoms in total. The zero-order valence-corrected chi connectivity index (χ0v) is 18.3. The number of ether oxygens (including phenoxy) is 1. The molecule has 3 N–H and O–H groups in total. The zero-order valence-electron chi connectivity index (χ0n) is 18.3. The molecule has 4 heteroatoms. The van der Waals surface area contributed by atoms with Crippen molar-refractivity contribution >= 4 is 28.6 Å². The molecule has 0 aliphatic heterocycles. The molecule has 0 bridgehead atoms. The van der Waals surface area contributed by atoms with Crippen molar-refractivity contribution in [3.05, 3.63) is 108 Å². The summed E-state index contributed by atoms with van der Waals surface area (Å²) >= 11 is 0. The Hall–Kier alpha value is -4.05. The fourth-order valence-electron chi connectivity index (χ4n) is 4.51. The van der Waals surface area contributed by atoms with Crippen LogP contribution in [-0.2, 0) is 4.74 Å². The minimum absolute atomic E-state index is 0.0753. The highest BCUT2D eigenvalue weighted by molar-refractivity contribution is 5.87. The minimum Gasteiger partial charge on any atom is -0.449 e. The number of alkyl carbamates (subject to hydrolysis) is 1. The summed E-state index contributed by atoms with van der Waals surface area (Å²) in [5.41, 5.74) is 12.6. The molecular formula is C29H26N2O2. The van der Waals surface area contributed by atoms with Crippen LogP contribution in [0.5, 0.6) is 0 Å². The number of nitrogens with one attached hydrogen (secondary N) is 1. The summed E-state index contributed by atoms with van der Waals surface area (Å²) in [5, 5.41) is 5.13. The van der Waals surface area contributed by atoms with Gasteiger partial charge in [-0.05, 0) is 63.2 Å². The van der Waals surface area contributed by atoms with Crippen LogP contribution in [0.2, 0.25) is 0 Å². The van der Waals surface area contributed by atoms with Crippen LogP contribution in [0, 0.1) is 0 Å². The van der Waals surface area contributed by atoms with Crippen molar-refractivity contribution in [3.8, 4) is 11.1 Å². The first-order chi connectivity index (χ1) is 16.2. The lowest BCUT2D eigenvalue weighted by Gasteiger charge is -2.14. The van der Waals surface area contributed by atoms with Crippen LogP contribution in [-0.4, -0.2) is 19.2 Å². The molecular weight excluding hydrogens is 408 g/mol. The number of hydrogen-bond acceptors (Lipinski definition) is 3. The second-order valence-corrected chi connectivity index (χ2v) is 8.31. The van der Waals surface area contributed by atoms with Crippen molar-refractivity contribution in [1.29, 1.82) is 0 Å². The number of anilines is 1. The molecule has 33 heavy (non-hydrogen) atoms. The standard InChI is InChI=1S/C29H26N2O2/c30-23-15-14-21-17-20(12-13-22(21)18-23)7-5-6-16-31-29(32)33-19-28-26-10-3-1-8-24(26)25-9-2-4-11-27(25)28/h1-5,7-15,17-18,28H,6,16,19,30H2,(H,31,32). The van der Waals surface area contributed by atoms with E-state index in [1.807, 2.05) is 42.5 Å². The lowest BCUT2D eigenvalue weighted by Crippen LogP contribution is -2.26. The number of benzene rings is 4. The third-order valence-electron chi connectivity index (χ3n) is 6.12. The Morgan fingerprint density at radius 2 is 1.55 bits per heavy atom. The predicted octanol–water partition coefficient (Wildman–Crippen LogP) is 6.36. The second-order valence-electron chi connectivity index (χ2n) is 8.31. The van der Waals surface area contributed by atoms with Gasteiger partial charge in [-0.2, -0.15) is 0 Å². The van der Waals surface area contributed by atoms with Gasteiger partial charge >= 0.3 is 6.09 Å². The Morgan fingerprint density at radius 1 is 0.879 bits per heavy atom. The predicted molar refractivity (Wildman–Crippen MR) is 135 cm³/mol. The van der Waals surface area contributed by atoms with Gasteiger partial charge in [0.05, 0.1) is 0 Å². The van der Waals surface area contributed by atoms with Crippen molar-refractivity contribution < 1.29 is 9.53 Å².